The molecule has 1 heterocycles. The number of nitrogens with zero attached hydrogens (tertiary/aromatic N) is 2. The van der Waals surface area contributed by atoms with E-state index >= 15 is 0 Å². The van der Waals surface area contributed by atoms with Gasteiger partial charge in [0.1, 0.15) is 5.69 Å². The number of anilines is 1. The van der Waals surface area contributed by atoms with Gasteiger partial charge in [-0.25, -0.2) is 4.79 Å². The lowest BCUT2D eigenvalue weighted by Crippen LogP contribution is -2.07. The Labute approximate surface area is 166 Å². The lowest BCUT2D eigenvalue weighted by atomic mass is 10.1. The minimum absolute atomic E-state index is 0.0535. The van der Waals surface area contributed by atoms with Gasteiger partial charge in [-0.1, -0.05) is 41.9 Å². The first-order chi connectivity index (χ1) is 13.5. The molecule has 28 heavy (non-hydrogen) atoms. The second kappa shape index (κ2) is 8.49. The number of ether oxygens (including phenoxy) is 1. The summed E-state index contributed by atoms with van der Waals surface area (Å²) < 4.78 is 4.60. The molecule has 0 saturated heterocycles. The summed E-state index contributed by atoms with van der Waals surface area (Å²) in [7, 11) is 1.19. The van der Waals surface area contributed by atoms with E-state index in [0.717, 1.165) is 22.8 Å². The fraction of sp³-hybridized carbons (Fsp3) is 0.100. The summed E-state index contributed by atoms with van der Waals surface area (Å²) in [6.07, 6.45) is 3.49. The van der Waals surface area contributed by atoms with Crippen LogP contribution >= 0.6 is 11.6 Å². The second-order valence-corrected chi connectivity index (χ2v) is 6.30. The largest absolute Gasteiger partial charge is 0.465 e. The first kappa shape index (κ1) is 19.3. The van der Waals surface area contributed by atoms with Gasteiger partial charge >= 0.3 is 5.97 Å². The van der Waals surface area contributed by atoms with Crippen molar-refractivity contribution in [3.05, 3.63) is 87.2 Å². The van der Waals surface area contributed by atoms with Crippen molar-refractivity contribution in [1.82, 2.24) is 4.98 Å². The Bertz CT molecular complexity index is 1010. The van der Waals surface area contributed by atoms with Crippen molar-refractivity contribution in [2.24, 2.45) is 0 Å². The summed E-state index contributed by atoms with van der Waals surface area (Å²) in [4.78, 5) is 26.6. The van der Waals surface area contributed by atoms with Crippen LogP contribution < -0.4 is 5.32 Å². The van der Waals surface area contributed by atoms with E-state index in [4.69, 9.17) is 11.6 Å². The Hall–Kier alpha value is -3.45. The van der Waals surface area contributed by atoms with Crippen LogP contribution in [0.2, 0.25) is 5.02 Å². The van der Waals surface area contributed by atoms with Gasteiger partial charge in [0.2, 0.25) is 0 Å². The SMILES string of the molecule is COC(=O)c1cc([N+](=O)[O-])c(NCc2ccc(-c3cccnc3)cc2)cc1Cl. The van der Waals surface area contributed by atoms with Crippen molar-refractivity contribution in [2.75, 3.05) is 12.4 Å². The van der Waals surface area contributed by atoms with Crippen molar-refractivity contribution in [2.45, 2.75) is 6.54 Å². The molecule has 0 atom stereocenters. The molecule has 0 bridgehead atoms. The Balaban J connectivity index is 1.79. The van der Waals surface area contributed by atoms with E-state index in [9.17, 15) is 14.9 Å². The molecule has 1 aromatic heterocycles. The Kier molecular flexibility index (Phi) is 5.86. The Morgan fingerprint density at radius 3 is 2.57 bits per heavy atom. The number of nitro benzene ring substituents is 1. The van der Waals surface area contributed by atoms with Crippen LogP contribution in [0.15, 0.2) is 60.9 Å². The molecule has 1 N–H and O–H groups in total. The maximum atomic E-state index is 11.7. The van der Waals surface area contributed by atoms with Gasteiger partial charge in [-0.3, -0.25) is 15.1 Å². The normalized spacial score (nSPS) is 10.4. The summed E-state index contributed by atoms with van der Waals surface area (Å²) in [5.74, 6) is -0.731. The molecular weight excluding hydrogens is 382 g/mol. The van der Waals surface area contributed by atoms with Gasteiger partial charge < -0.3 is 10.1 Å². The number of hydrogen-bond acceptors (Lipinski definition) is 6. The third kappa shape index (κ3) is 4.27. The first-order valence-corrected chi connectivity index (χ1v) is 8.67. The number of hydrogen-bond donors (Lipinski definition) is 1. The highest BCUT2D eigenvalue weighted by Gasteiger charge is 2.21. The molecular formula is C20H16ClN3O4. The molecule has 0 radical (unpaired) electrons. The number of esters is 1. The van der Waals surface area contributed by atoms with Crippen LogP contribution in [0.1, 0.15) is 15.9 Å². The Morgan fingerprint density at radius 2 is 1.96 bits per heavy atom. The third-order valence-corrected chi connectivity index (χ3v) is 4.43. The van der Waals surface area contributed by atoms with Crippen LogP contribution in [-0.4, -0.2) is 23.0 Å². The van der Waals surface area contributed by atoms with Crippen LogP contribution in [0.25, 0.3) is 11.1 Å². The average Bonchev–Trinajstić information content (AvgIpc) is 2.72. The van der Waals surface area contributed by atoms with Crippen LogP contribution in [0.3, 0.4) is 0 Å². The summed E-state index contributed by atoms with van der Waals surface area (Å²) in [6.45, 7) is 0.349. The maximum absolute atomic E-state index is 11.7. The molecule has 3 aromatic rings. The number of pyridine rings is 1. The van der Waals surface area contributed by atoms with Crippen LogP contribution in [0, 0.1) is 10.1 Å². The molecule has 0 fully saturated rings. The third-order valence-electron chi connectivity index (χ3n) is 4.12. The summed E-state index contributed by atoms with van der Waals surface area (Å²) in [5, 5.41) is 14.5. The van der Waals surface area contributed by atoms with Crippen molar-refractivity contribution in [1.29, 1.82) is 0 Å². The minimum atomic E-state index is -0.731. The zero-order valence-corrected chi connectivity index (χ0v) is 15.6. The van der Waals surface area contributed by atoms with E-state index < -0.39 is 10.9 Å². The quantitative estimate of drug-likeness (QED) is 0.367. The van der Waals surface area contributed by atoms with E-state index in [2.05, 4.69) is 15.0 Å². The molecule has 3 rings (SSSR count). The molecule has 0 saturated carbocycles. The molecule has 2 aromatic carbocycles. The van der Waals surface area contributed by atoms with E-state index in [-0.39, 0.29) is 22.0 Å². The molecule has 142 valence electrons. The molecule has 0 aliphatic heterocycles. The molecule has 0 unspecified atom stereocenters. The van der Waals surface area contributed by atoms with Gasteiger partial charge in [-0.05, 0) is 28.8 Å². The highest BCUT2D eigenvalue weighted by atomic mass is 35.5. The highest BCUT2D eigenvalue weighted by molar-refractivity contribution is 6.34. The minimum Gasteiger partial charge on any atom is -0.465 e. The number of rotatable bonds is 6. The standard InChI is InChI=1S/C20H16ClN3O4/c1-28-20(25)16-9-19(24(26)27)18(10-17(16)21)23-11-13-4-6-14(7-5-13)15-3-2-8-22-12-15/h2-10,12,23H,11H2,1H3. The van der Waals surface area contributed by atoms with Crippen molar-refractivity contribution in [3.8, 4) is 11.1 Å². The number of halogens is 1. The fourth-order valence-corrected chi connectivity index (χ4v) is 2.91. The predicted octanol–water partition coefficient (Wildman–Crippen LogP) is 4.71. The van der Waals surface area contributed by atoms with Gasteiger partial charge in [0, 0.05) is 25.0 Å². The number of aromatic nitrogens is 1. The van der Waals surface area contributed by atoms with E-state index in [1.807, 2.05) is 36.4 Å². The van der Waals surface area contributed by atoms with Gasteiger partial charge in [-0.2, -0.15) is 0 Å². The number of nitro groups is 1. The molecule has 0 amide bonds. The second-order valence-electron chi connectivity index (χ2n) is 5.89. The zero-order valence-electron chi connectivity index (χ0n) is 14.9. The first-order valence-electron chi connectivity index (χ1n) is 8.29. The van der Waals surface area contributed by atoms with Crippen molar-refractivity contribution < 1.29 is 14.5 Å². The average molecular weight is 398 g/mol. The number of methoxy groups -OCH3 is 1. The van der Waals surface area contributed by atoms with E-state index in [1.54, 1.807) is 12.4 Å². The monoisotopic (exact) mass is 397 g/mol. The predicted molar refractivity (Wildman–Crippen MR) is 106 cm³/mol. The molecule has 7 nitrogen and oxygen atoms in total. The fourth-order valence-electron chi connectivity index (χ4n) is 2.67. The summed E-state index contributed by atoms with van der Waals surface area (Å²) >= 11 is 6.08. The van der Waals surface area contributed by atoms with E-state index in [0.29, 0.717) is 6.54 Å². The van der Waals surface area contributed by atoms with Crippen LogP contribution in [-0.2, 0) is 11.3 Å². The smallest absolute Gasteiger partial charge is 0.339 e. The van der Waals surface area contributed by atoms with Crippen LogP contribution in [0.5, 0.6) is 0 Å². The van der Waals surface area contributed by atoms with Crippen molar-refractivity contribution in [3.63, 3.8) is 0 Å². The molecule has 0 spiro atoms. The van der Waals surface area contributed by atoms with Gasteiger partial charge in [0.25, 0.3) is 5.69 Å². The maximum Gasteiger partial charge on any atom is 0.339 e. The lowest BCUT2D eigenvalue weighted by Gasteiger charge is -2.10. The topological polar surface area (TPSA) is 94.4 Å². The number of benzene rings is 2. The number of carbonyl (C=O) groups excluding carboxylic acids is 1. The lowest BCUT2D eigenvalue weighted by molar-refractivity contribution is -0.384. The van der Waals surface area contributed by atoms with Gasteiger partial charge in [-0.15, -0.1) is 0 Å². The molecule has 0 aliphatic carbocycles. The van der Waals surface area contributed by atoms with Crippen LogP contribution in [0.4, 0.5) is 11.4 Å². The highest BCUT2D eigenvalue weighted by Crippen LogP contribution is 2.32. The Morgan fingerprint density at radius 1 is 1.21 bits per heavy atom. The number of carbonyl (C=O) groups is 1. The summed E-state index contributed by atoms with van der Waals surface area (Å²) in [5.41, 5.74) is 2.87. The van der Waals surface area contributed by atoms with Crippen molar-refractivity contribution >= 4 is 28.9 Å². The zero-order chi connectivity index (χ0) is 20.1. The summed E-state index contributed by atoms with van der Waals surface area (Å²) in [6, 6.07) is 14.1. The molecule has 8 heteroatoms. The number of nitrogens with one attached hydrogen (secondary N) is 1. The van der Waals surface area contributed by atoms with Gasteiger partial charge in [0.05, 0.1) is 22.6 Å². The van der Waals surface area contributed by atoms with Gasteiger partial charge in [0.15, 0.2) is 0 Å². The molecule has 0 aliphatic rings. The van der Waals surface area contributed by atoms with E-state index in [1.165, 1.54) is 13.2 Å².